The van der Waals surface area contributed by atoms with Crippen LogP contribution in [0.2, 0.25) is 0 Å². The summed E-state index contributed by atoms with van der Waals surface area (Å²) in [6.45, 7) is 9.50. The van der Waals surface area contributed by atoms with E-state index < -0.39 is 0 Å². The number of rotatable bonds is 10. The lowest BCUT2D eigenvalue weighted by atomic mass is 10.0. The van der Waals surface area contributed by atoms with Gasteiger partial charge in [-0.3, -0.25) is 0 Å². The molecule has 0 aromatic carbocycles. The van der Waals surface area contributed by atoms with Crippen LogP contribution in [-0.4, -0.2) is 22.6 Å². The van der Waals surface area contributed by atoms with Gasteiger partial charge >= 0.3 is 0 Å². The molecule has 0 fully saturated rings. The molecule has 0 spiro atoms. The summed E-state index contributed by atoms with van der Waals surface area (Å²) in [5.74, 6) is 0.410. The molecule has 0 aliphatic carbocycles. The van der Waals surface area contributed by atoms with Crippen LogP contribution in [0.4, 0.5) is 10.3 Å². The number of aromatic nitrogens is 2. The van der Waals surface area contributed by atoms with Crippen molar-refractivity contribution in [1.82, 2.24) is 9.97 Å². The Hall–Kier alpha value is -1.19. The zero-order valence-corrected chi connectivity index (χ0v) is 14.0. The molecule has 0 saturated heterocycles. The molecule has 0 amide bonds. The van der Waals surface area contributed by atoms with Crippen molar-refractivity contribution < 1.29 is 4.39 Å². The number of aryl methyl sites for hydroxylation is 1. The van der Waals surface area contributed by atoms with Crippen molar-refractivity contribution >= 4 is 5.95 Å². The fourth-order valence-electron chi connectivity index (χ4n) is 2.68. The summed E-state index contributed by atoms with van der Waals surface area (Å²) >= 11 is 0. The number of anilines is 1. The molecule has 3 nitrogen and oxygen atoms in total. The SMILES string of the molecule is CCCCN(c1ncc(F)c(CC)n1)C(CCC)CCC. The Morgan fingerprint density at radius 2 is 1.76 bits per heavy atom. The van der Waals surface area contributed by atoms with E-state index in [9.17, 15) is 4.39 Å². The predicted molar refractivity (Wildman–Crippen MR) is 87.2 cm³/mol. The molecule has 4 heteroatoms. The van der Waals surface area contributed by atoms with Crippen molar-refractivity contribution in [1.29, 1.82) is 0 Å². The molecule has 0 aliphatic rings. The van der Waals surface area contributed by atoms with Gasteiger partial charge in [0.1, 0.15) is 0 Å². The van der Waals surface area contributed by atoms with Crippen molar-refractivity contribution in [3.63, 3.8) is 0 Å². The van der Waals surface area contributed by atoms with Crippen molar-refractivity contribution in [2.45, 2.75) is 78.7 Å². The quantitative estimate of drug-likeness (QED) is 0.623. The second-order valence-electron chi connectivity index (χ2n) is 5.60. The van der Waals surface area contributed by atoms with Crippen LogP contribution in [-0.2, 0) is 6.42 Å². The number of unbranched alkanes of at least 4 members (excludes halogenated alkanes) is 1. The normalized spacial score (nSPS) is 11.1. The Morgan fingerprint density at radius 1 is 1.10 bits per heavy atom. The first-order valence-electron chi connectivity index (χ1n) is 8.45. The Morgan fingerprint density at radius 3 is 2.29 bits per heavy atom. The summed E-state index contributed by atoms with van der Waals surface area (Å²) in [5.41, 5.74) is 0.522. The summed E-state index contributed by atoms with van der Waals surface area (Å²) in [4.78, 5) is 11.0. The van der Waals surface area contributed by atoms with Gasteiger partial charge in [0.15, 0.2) is 5.82 Å². The van der Waals surface area contributed by atoms with E-state index in [2.05, 4.69) is 35.6 Å². The smallest absolute Gasteiger partial charge is 0.225 e. The highest BCUT2D eigenvalue weighted by Crippen LogP contribution is 2.21. The fraction of sp³-hybridized carbons (Fsp3) is 0.765. The highest BCUT2D eigenvalue weighted by atomic mass is 19.1. The van der Waals surface area contributed by atoms with Crippen LogP contribution in [0.1, 0.15) is 71.9 Å². The van der Waals surface area contributed by atoms with Crippen molar-refractivity contribution in [2.24, 2.45) is 0 Å². The summed E-state index contributed by atoms with van der Waals surface area (Å²) < 4.78 is 13.6. The van der Waals surface area contributed by atoms with E-state index in [-0.39, 0.29) is 5.82 Å². The minimum Gasteiger partial charge on any atom is -0.338 e. The van der Waals surface area contributed by atoms with Gasteiger partial charge in [0.2, 0.25) is 5.95 Å². The molecular weight excluding hydrogens is 265 g/mol. The molecule has 0 bridgehead atoms. The Labute approximate surface area is 129 Å². The Bertz CT molecular complexity index is 403. The van der Waals surface area contributed by atoms with Crippen LogP contribution in [0.3, 0.4) is 0 Å². The van der Waals surface area contributed by atoms with E-state index in [1.807, 2.05) is 6.92 Å². The monoisotopic (exact) mass is 295 g/mol. The first-order chi connectivity index (χ1) is 10.2. The lowest BCUT2D eigenvalue weighted by Gasteiger charge is -2.32. The van der Waals surface area contributed by atoms with Gasteiger partial charge < -0.3 is 4.90 Å². The highest BCUT2D eigenvalue weighted by Gasteiger charge is 2.20. The standard InChI is InChI=1S/C17H30FN3/c1-5-9-12-21(14(10-6-2)11-7-3)17-19-13-15(18)16(8-4)20-17/h13-14H,5-12H2,1-4H3. The second kappa shape index (κ2) is 9.69. The molecule has 0 atom stereocenters. The van der Waals surface area contributed by atoms with E-state index in [1.165, 1.54) is 6.20 Å². The molecular formula is C17H30FN3. The third-order valence-electron chi connectivity index (χ3n) is 3.83. The fourth-order valence-corrected chi connectivity index (χ4v) is 2.68. The Kier molecular flexibility index (Phi) is 8.24. The lowest BCUT2D eigenvalue weighted by Crippen LogP contribution is -2.37. The van der Waals surface area contributed by atoms with Gasteiger partial charge in [-0.05, 0) is 25.7 Å². The first kappa shape index (κ1) is 17.9. The van der Waals surface area contributed by atoms with Gasteiger partial charge in [-0.2, -0.15) is 0 Å². The molecule has 1 aromatic rings. The molecule has 0 saturated carbocycles. The van der Waals surface area contributed by atoms with E-state index in [0.717, 1.165) is 45.1 Å². The van der Waals surface area contributed by atoms with E-state index in [0.29, 0.717) is 24.1 Å². The molecule has 1 rings (SSSR count). The van der Waals surface area contributed by atoms with Crippen LogP contribution in [0.15, 0.2) is 6.20 Å². The average molecular weight is 295 g/mol. The average Bonchev–Trinajstić information content (AvgIpc) is 2.49. The van der Waals surface area contributed by atoms with Crippen LogP contribution in [0, 0.1) is 5.82 Å². The van der Waals surface area contributed by atoms with Gasteiger partial charge in [-0.1, -0.05) is 47.0 Å². The Balaban J connectivity index is 3.03. The van der Waals surface area contributed by atoms with Crippen LogP contribution >= 0.6 is 0 Å². The molecule has 1 heterocycles. The summed E-state index contributed by atoms with van der Waals surface area (Å²) in [5, 5.41) is 0. The van der Waals surface area contributed by atoms with Crippen molar-refractivity contribution in [3.05, 3.63) is 17.7 Å². The topological polar surface area (TPSA) is 29.0 Å². The zero-order chi connectivity index (χ0) is 15.7. The van der Waals surface area contributed by atoms with Gasteiger partial charge in [0.05, 0.1) is 11.9 Å². The number of hydrogen-bond donors (Lipinski definition) is 0. The summed E-state index contributed by atoms with van der Waals surface area (Å²) in [7, 11) is 0. The van der Waals surface area contributed by atoms with Gasteiger partial charge in [-0.15, -0.1) is 0 Å². The molecule has 21 heavy (non-hydrogen) atoms. The maximum Gasteiger partial charge on any atom is 0.225 e. The zero-order valence-electron chi connectivity index (χ0n) is 14.0. The first-order valence-corrected chi connectivity index (χ1v) is 8.45. The van der Waals surface area contributed by atoms with Gasteiger partial charge in [0, 0.05) is 12.6 Å². The van der Waals surface area contributed by atoms with Crippen LogP contribution < -0.4 is 4.90 Å². The molecule has 0 unspecified atom stereocenters. The van der Waals surface area contributed by atoms with Gasteiger partial charge in [-0.25, -0.2) is 14.4 Å². The minimum atomic E-state index is -0.292. The lowest BCUT2D eigenvalue weighted by molar-refractivity contribution is 0.486. The van der Waals surface area contributed by atoms with E-state index in [1.54, 1.807) is 0 Å². The second-order valence-corrected chi connectivity index (χ2v) is 5.60. The predicted octanol–water partition coefficient (Wildman–Crippen LogP) is 4.75. The van der Waals surface area contributed by atoms with Crippen molar-refractivity contribution in [2.75, 3.05) is 11.4 Å². The van der Waals surface area contributed by atoms with Crippen LogP contribution in [0.25, 0.3) is 0 Å². The van der Waals surface area contributed by atoms with Crippen molar-refractivity contribution in [3.8, 4) is 0 Å². The maximum absolute atomic E-state index is 13.6. The van der Waals surface area contributed by atoms with Gasteiger partial charge in [0.25, 0.3) is 0 Å². The largest absolute Gasteiger partial charge is 0.338 e. The molecule has 0 radical (unpaired) electrons. The molecule has 0 aliphatic heterocycles. The van der Waals surface area contributed by atoms with Crippen LogP contribution in [0.5, 0.6) is 0 Å². The number of halogens is 1. The highest BCUT2D eigenvalue weighted by molar-refractivity contribution is 5.32. The maximum atomic E-state index is 13.6. The molecule has 1 aromatic heterocycles. The number of hydrogen-bond acceptors (Lipinski definition) is 3. The molecule has 120 valence electrons. The number of nitrogens with zero attached hydrogens (tertiary/aromatic N) is 3. The third kappa shape index (κ3) is 5.25. The summed E-state index contributed by atoms with van der Waals surface area (Å²) in [6, 6.07) is 0.460. The summed E-state index contributed by atoms with van der Waals surface area (Å²) in [6.07, 6.45) is 8.77. The molecule has 0 N–H and O–H groups in total. The van der Waals surface area contributed by atoms with E-state index in [4.69, 9.17) is 0 Å². The van der Waals surface area contributed by atoms with E-state index >= 15 is 0 Å². The third-order valence-corrected chi connectivity index (χ3v) is 3.83. The minimum absolute atomic E-state index is 0.292.